The fraction of sp³-hybridized carbons (Fsp3) is 0.500. The van der Waals surface area contributed by atoms with Crippen LogP contribution in [0.2, 0.25) is 0 Å². The molecule has 0 bridgehead atoms. The van der Waals surface area contributed by atoms with Crippen LogP contribution in [-0.2, 0) is 4.74 Å². The van der Waals surface area contributed by atoms with Crippen molar-refractivity contribution in [3.05, 3.63) is 29.6 Å². The van der Waals surface area contributed by atoms with Crippen molar-refractivity contribution in [2.24, 2.45) is 5.73 Å². The molecule has 88 valence electrons. The minimum atomic E-state index is -0.360. The highest BCUT2D eigenvalue weighted by Crippen LogP contribution is 2.23. The molecule has 1 heterocycles. The maximum atomic E-state index is 13.6. The molecule has 4 heteroatoms. The normalized spacial score (nSPS) is 22.1. The van der Waals surface area contributed by atoms with Crippen LogP contribution in [0.4, 0.5) is 4.39 Å². The molecule has 2 atom stereocenters. The SMILES string of the molecule is C[C@H](N)c1ccc(OC2CCOC2)c(F)c1. The number of hydrogen-bond acceptors (Lipinski definition) is 3. The maximum absolute atomic E-state index is 13.6. The van der Waals surface area contributed by atoms with Gasteiger partial charge in [-0.15, -0.1) is 0 Å². The van der Waals surface area contributed by atoms with Crippen molar-refractivity contribution >= 4 is 0 Å². The molecule has 0 radical (unpaired) electrons. The van der Waals surface area contributed by atoms with E-state index in [9.17, 15) is 4.39 Å². The Kier molecular flexibility index (Phi) is 3.41. The molecule has 3 nitrogen and oxygen atoms in total. The Morgan fingerprint density at radius 2 is 2.38 bits per heavy atom. The zero-order valence-corrected chi connectivity index (χ0v) is 9.28. The Morgan fingerprint density at radius 1 is 1.56 bits per heavy atom. The molecule has 1 fully saturated rings. The standard InChI is InChI=1S/C12H16FNO2/c1-8(14)9-2-3-12(11(13)6-9)16-10-4-5-15-7-10/h2-3,6,8,10H,4-5,7,14H2,1H3/t8-,10?/m0/s1. The van der Waals surface area contributed by atoms with Gasteiger partial charge in [-0.3, -0.25) is 0 Å². The van der Waals surface area contributed by atoms with Crippen molar-refractivity contribution in [2.75, 3.05) is 13.2 Å². The van der Waals surface area contributed by atoms with Crippen LogP contribution in [-0.4, -0.2) is 19.3 Å². The van der Waals surface area contributed by atoms with Crippen molar-refractivity contribution in [3.8, 4) is 5.75 Å². The van der Waals surface area contributed by atoms with E-state index < -0.39 is 0 Å². The Morgan fingerprint density at radius 3 is 2.94 bits per heavy atom. The first kappa shape index (κ1) is 11.4. The third kappa shape index (κ3) is 2.51. The van der Waals surface area contributed by atoms with Gasteiger partial charge in [0, 0.05) is 12.5 Å². The summed E-state index contributed by atoms with van der Waals surface area (Å²) in [7, 11) is 0. The summed E-state index contributed by atoms with van der Waals surface area (Å²) < 4.78 is 24.3. The topological polar surface area (TPSA) is 44.5 Å². The van der Waals surface area contributed by atoms with Crippen molar-refractivity contribution in [2.45, 2.75) is 25.5 Å². The van der Waals surface area contributed by atoms with Gasteiger partial charge in [0.2, 0.25) is 0 Å². The third-order valence-corrected chi connectivity index (χ3v) is 2.66. The van der Waals surface area contributed by atoms with Crippen LogP contribution < -0.4 is 10.5 Å². The van der Waals surface area contributed by atoms with Crippen LogP contribution in [0.15, 0.2) is 18.2 Å². The van der Waals surface area contributed by atoms with Crippen molar-refractivity contribution in [3.63, 3.8) is 0 Å². The van der Waals surface area contributed by atoms with Gasteiger partial charge in [0.05, 0.1) is 13.2 Å². The Balaban J connectivity index is 2.09. The molecule has 1 aliphatic rings. The van der Waals surface area contributed by atoms with Crippen LogP contribution in [0.25, 0.3) is 0 Å². The molecule has 0 saturated carbocycles. The van der Waals surface area contributed by atoms with E-state index in [0.29, 0.717) is 13.2 Å². The van der Waals surface area contributed by atoms with Gasteiger partial charge in [0.25, 0.3) is 0 Å². The van der Waals surface area contributed by atoms with Gasteiger partial charge >= 0.3 is 0 Å². The zero-order chi connectivity index (χ0) is 11.5. The first-order chi connectivity index (χ1) is 7.66. The van der Waals surface area contributed by atoms with E-state index >= 15 is 0 Å². The largest absolute Gasteiger partial charge is 0.485 e. The van der Waals surface area contributed by atoms with E-state index in [-0.39, 0.29) is 23.7 Å². The molecule has 1 aliphatic heterocycles. The number of rotatable bonds is 3. The number of benzene rings is 1. The molecule has 1 aromatic carbocycles. The predicted molar refractivity (Wildman–Crippen MR) is 58.9 cm³/mol. The van der Waals surface area contributed by atoms with Gasteiger partial charge < -0.3 is 15.2 Å². The summed E-state index contributed by atoms with van der Waals surface area (Å²) >= 11 is 0. The molecule has 0 spiro atoms. The van der Waals surface area contributed by atoms with Gasteiger partial charge in [0.15, 0.2) is 11.6 Å². The Bertz CT molecular complexity index is 362. The number of hydrogen-bond donors (Lipinski definition) is 1. The first-order valence-corrected chi connectivity index (χ1v) is 5.46. The number of halogens is 1. The summed E-state index contributed by atoms with van der Waals surface area (Å²) in [5.74, 6) is -0.0819. The fourth-order valence-corrected chi connectivity index (χ4v) is 1.68. The lowest BCUT2D eigenvalue weighted by atomic mass is 10.1. The molecule has 0 aromatic heterocycles. The number of ether oxygens (including phenoxy) is 2. The summed E-state index contributed by atoms with van der Waals surface area (Å²) in [6, 6.07) is 4.68. The molecule has 0 aliphatic carbocycles. The quantitative estimate of drug-likeness (QED) is 0.855. The second-order valence-electron chi connectivity index (χ2n) is 4.08. The Labute approximate surface area is 94.3 Å². The van der Waals surface area contributed by atoms with E-state index in [2.05, 4.69) is 0 Å². The zero-order valence-electron chi connectivity index (χ0n) is 9.28. The van der Waals surface area contributed by atoms with Crippen molar-refractivity contribution in [1.82, 2.24) is 0 Å². The van der Waals surface area contributed by atoms with Gasteiger partial charge in [-0.25, -0.2) is 4.39 Å². The highest BCUT2D eigenvalue weighted by molar-refractivity contribution is 5.30. The van der Waals surface area contributed by atoms with Gasteiger partial charge in [-0.2, -0.15) is 0 Å². The predicted octanol–water partition coefficient (Wildman–Crippen LogP) is 2.01. The molecular weight excluding hydrogens is 209 g/mol. The van der Waals surface area contributed by atoms with Crippen LogP contribution in [0.1, 0.15) is 24.9 Å². The van der Waals surface area contributed by atoms with E-state index in [0.717, 1.165) is 12.0 Å². The van der Waals surface area contributed by atoms with Crippen molar-refractivity contribution < 1.29 is 13.9 Å². The molecule has 1 unspecified atom stereocenters. The van der Waals surface area contributed by atoms with Gasteiger partial charge in [-0.05, 0) is 24.6 Å². The molecular formula is C12H16FNO2. The second kappa shape index (κ2) is 4.80. The molecule has 1 aromatic rings. The lowest BCUT2D eigenvalue weighted by molar-refractivity contribution is 0.138. The third-order valence-electron chi connectivity index (χ3n) is 2.66. The van der Waals surface area contributed by atoms with E-state index in [1.165, 1.54) is 6.07 Å². The maximum Gasteiger partial charge on any atom is 0.165 e. The second-order valence-corrected chi connectivity index (χ2v) is 4.08. The van der Waals surface area contributed by atoms with E-state index in [1.807, 2.05) is 6.92 Å². The smallest absolute Gasteiger partial charge is 0.165 e. The lowest BCUT2D eigenvalue weighted by Crippen LogP contribution is -2.16. The first-order valence-electron chi connectivity index (χ1n) is 5.46. The van der Waals surface area contributed by atoms with Crippen LogP contribution in [0.3, 0.4) is 0 Å². The summed E-state index contributed by atoms with van der Waals surface area (Å²) in [5, 5.41) is 0. The monoisotopic (exact) mass is 225 g/mol. The lowest BCUT2D eigenvalue weighted by Gasteiger charge is -2.14. The minimum Gasteiger partial charge on any atom is -0.485 e. The average Bonchev–Trinajstić information content (AvgIpc) is 2.73. The molecule has 16 heavy (non-hydrogen) atoms. The van der Waals surface area contributed by atoms with Crippen LogP contribution in [0, 0.1) is 5.82 Å². The minimum absolute atomic E-state index is 0.0318. The summed E-state index contributed by atoms with van der Waals surface area (Å²) in [6.45, 7) is 3.04. The summed E-state index contributed by atoms with van der Waals surface area (Å²) in [5.41, 5.74) is 6.44. The summed E-state index contributed by atoms with van der Waals surface area (Å²) in [4.78, 5) is 0. The molecule has 2 rings (SSSR count). The highest BCUT2D eigenvalue weighted by atomic mass is 19.1. The summed E-state index contributed by atoms with van der Waals surface area (Å²) in [6.07, 6.45) is 0.782. The fourth-order valence-electron chi connectivity index (χ4n) is 1.68. The Hall–Kier alpha value is -1.13. The van der Waals surface area contributed by atoms with Crippen molar-refractivity contribution in [1.29, 1.82) is 0 Å². The highest BCUT2D eigenvalue weighted by Gasteiger charge is 2.19. The van der Waals surface area contributed by atoms with Crippen LogP contribution in [0.5, 0.6) is 5.75 Å². The average molecular weight is 225 g/mol. The van der Waals surface area contributed by atoms with E-state index in [4.69, 9.17) is 15.2 Å². The molecule has 2 N–H and O–H groups in total. The van der Waals surface area contributed by atoms with Gasteiger partial charge in [0.1, 0.15) is 6.10 Å². The molecule has 0 amide bonds. The van der Waals surface area contributed by atoms with Crippen LogP contribution >= 0.6 is 0 Å². The van der Waals surface area contributed by atoms with E-state index in [1.54, 1.807) is 12.1 Å². The molecule has 1 saturated heterocycles. The number of nitrogens with two attached hydrogens (primary N) is 1. The van der Waals surface area contributed by atoms with Gasteiger partial charge in [-0.1, -0.05) is 6.07 Å².